The number of aromatic nitrogens is 3. The highest BCUT2D eigenvalue weighted by Gasteiger charge is 2.21. The van der Waals surface area contributed by atoms with Crippen LogP contribution in [-0.4, -0.2) is 31.7 Å². The van der Waals surface area contributed by atoms with Crippen LogP contribution in [0.25, 0.3) is 0 Å². The molecule has 4 nitrogen and oxygen atoms in total. The number of nitrogens with zero attached hydrogens (tertiary/aromatic N) is 3. The van der Waals surface area contributed by atoms with Crippen LogP contribution in [0.1, 0.15) is 11.4 Å². The smallest absolute Gasteiger partial charge is 0.186 e. The highest BCUT2D eigenvalue weighted by molar-refractivity contribution is 7.99. The molecule has 1 aliphatic rings. The number of benzene rings is 1. The van der Waals surface area contributed by atoms with Gasteiger partial charge in [0.25, 0.3) is 0 Å². The Morgan fingerprint density at radius 3 is 2.84 bits per heavy atom. The largest absolute Gasteiger partial charge is 0.390 e. The lowest BCUT2D eigenvalue weighted by Gasteiger charge is -2.16. The molecule has 3 rings (SSSR count). The van der Waals surface area contributed by atoms with Crippen LogP contribution < -0.4 is 0 Å². The Morgan fingerprint density at radius 1 is 1.37 bits per heavy atom. The zero-order valence-electron chi connectivity index (χ0n) is 9.88. The number of rotatable bonds is 2. The normalized spacial score (nSPS) is 18.4. The lowest BCUT2D eigenvalue weighted by Crippen LogP contribution is -2.24. The molecule has 0 fully saturated rings. The van der Waals surface area contributed by atoms with Crippen molar-refractivity contribution in [3.8, 4) is 0 Å². The molecule has 0 saturated carbocycles. The van der Waals surface area contributed by atoms with Gasteiger partial charge in [0.1, 0.15) is 0 Å². The number of thioether (sulfide) groups is 1. The number of aliphatic hydroxyl groups is 1. The summed E-state index contributed by atoms with van der Waals surface area (Å²) in [7, 11) is 0. The summed E-state index contributed by atoms with van der Waals surface area (Å²) in [6, 6.07) is 5.42. The quantitative estimate of drug-likeness (QED) is 0.925. The van der Waals surface area contributed by atoms with Crippen molar-refractivity contribution in [2.24, 2.45) is 0 Å². The Balaban J connectivity index is 1.88. The topological polar surface area (TPSA) is 50.9 Å². The minimum Gasteiger partial charge on any atom is -0.390 e. The first-order chi connectivity index (χ1) is 9.13. The molecule has 1 aromatic carbocycles. The minimum atomic E-state index is -0.365. The van der Waals surface area contributed by atoms with E-state index in [9.17, 15) is 5.11 Å². The van der Waals surface area contributed by atoms with E-state index in [1.54, 1.807) is 16.8 Å². The predicted molar refractivity (Wildman–Crippen MR) is 76.0 cm³/mol. The van der Waals surface area contributed by atoms with E-state index in [1.807, 2.05) is 6.07 Å². The standard InChI is InChI=1S/C12H11Cl2N3OS/c13-9-2-1-3-10(14)8(9)4-11-15-12-17(16-11)5-7(18)6-19-12/h1-3,7,18H,4-6H2. The van der Waals surface area contributed by atoms with Gasteiger partial charge in [-0.1, -0.05) is 41.0 Å². The van der Waals surface area contributed by atoms with Crippen molar-refractivity contribution >= 4 is 35.0 Å². The van der Waals surface area contributed by atoms with Gasteiger partial charge in [0.2, 0.25) is 0 Å². The number of aliphatic hydroxyl groups excluding tert-OH is 1. The molecule has 100 valence electrons. The summed E-state index contributed by atoms with van der Waals surface area (Å²) in [6.45, 7) is 0.492. The molecule has 1 atom stereocenters. The fourth-order valence-corrected chi connectivity index (χ4v) is 3.37. The van der Waals surface area contributed by atoms with Gasteiger partial charge in [-0.15, -0.1) is 0 Å². The van der Waals surface area contributed by atoms with Crippen LogP contribution >= 0.6 is 35.0 Å². The van der Waals surface area contributed by atoms with Crippen molar-refractivity contribution in [2.45, 2.75) is 24.2 Å². The molecule has 0 aliphatic carbocycles. The molecule has 0 amide bonds. The molecular formula is C12H11Cl2N3OS. The van der Waals surface area contributed by atoms with Gasteiger partial charge in [-0.2, -0.15) is 5.10 Å². The Morgan fingerprint density at radius 2 is 2.11 bits per heavy atom. The van der Waals surface area contributed by atoms with E-state index in [0.717, 1.165) is 10.7 Å². The molecule has 0 bridgehead atoms. The Hall–Kier alpha value is -0.750. The van der Waals surface area contributed by atoms with Crippen LogP contribution in [0.5, 0.6) is 0 Å². The number of hydrogen-bond donors (Lipinski definition) is 1. The summed E-state index contributed by atoms with van der Waals surface area (Å²) in [6.07, 6.45) is 0.130. The summed E-state index contributed by atoms with van der Waals surface area (Å²) < 4.78 is 1.74. The average Bonchev–Trinajstić information content (AvgIpc) is 2.75. The zero-order valence-corrected chi connectivity index (χ0v) is 12.2. The number of halogens is 2. The van der Waals surface area contributed by atoms with Gasteiger partial charge in [0.15, 0.2) is 11.0 Å². The van der Waals surface area contributed by atoms with E-state index < -0.39 is 0 Å². The van der Waals surface area contributed by atoms with Crippen molar-refractivity contribution in [1.82, 2.24) is 14.8 Å². The highest BCUT2D eigenvalue weighted by Crippen LogP contribution is 2.28. The fraction of sp³-hybridized carbons (Fsp3) is 0.333. The van der Waals surface area contributed by atoms with Gasteiger partial charge >= 0.3 is 0 Å². The Bertz CT molecular complexity index is 597. The average molecular weight is 316 g/mol. The minimum absolute atomic E-state index is 0.365. The van der Waals surface area contributed by atoms with Crippen molar-refractivity contribution in [1.29, 1.82) is 0 Å². The maximum absolute atomic E-state index is 9.59. The molecule has 1 aliphatic heterocycles. The summed E-state index contributed by atoms with van der Waals surface area (Å²) in [5.74, 6) is 1.33. The van der Waals surface area contributed by atoms with Crippen molar-refractivity contribution in [3.63, 3.8) is 0 Å². The van der Waals surface area contributed by atoms with Gasteiger partial charge in [0, 0.05) is 22.2 Å². The highest BCUT2D eigenvalue weighted by atomic mass is 35.5. The SMILES string of the molecule is OC1CSc2nc(Cc3c(Cl)cccc3Cl)nn2C1. The lowest BCUT2D eigenvalue weighted by atomic mass is 10.1. The van der Waals surface area contributed by atoms with Gasteiger partial charge < -0.3 is 5.11 Å². The van der Waals surface area contributed by atoms with Crippen molar-refractivity contribution in [3.05, 3.63) is 39.6 Å². The third-order valence-electron chi connectivity index (χ3n) is 2.87. The van der Waals surface area contributed by atoms with Crippen LogP contribution in [0.15, 0.2) is 23.4 Å². The molecule has 7 heteroatoms. The Labute approximate surface area is 124 Å². The molecule has 0 spiro atoms. The third kappa shape index (κ3) is 2.74. The van der Waals surface area contributed by atoms with Gasteiger partial charge in [0.05, 0.1) is 12.6 Å². The van der Waals surface area contributed by atoms with Gasteiger partial charge in [-0.05, 0) is 17.7 Å². The van der Waals surface area contributed by atoms with Crippen LogP contribution in [0.4, 0.5) is 0 Å². The third-order valence-corrected chi connectivity index (χ3v) is 4.69. The van der Waals surface area contributed by atoms with E-state index in [1.165, 1.54) is 11.8 Å². The molecule has 2 heterocycles. The van der Waals surface area contributed by atoms with Gasteiger partial charge in [-0.3, -0.25) is 0 Å². The van der Waals surface area contributed by atoms with E-state index in [2.05, 4.69) is 10.1 Å². The molecule has 1 N–H and O–H groups in total. The summed E-state index contributed by atoms with van der Waals surface area (Å²) in [4.78, 5) is 4.45. The molecule has 1 unspecified atom stereocenters. The summed E-state index contributed by atoms with van der Waals surface area (Å²) >= 11 is 13.8. The first-order valence-corrected chi connectivity index (χ1v) is 7.55. The van der Waals surface area contributed by atoms with Crippen LogP contribution in [-0.2, 0) is 13.0 Å². The molecule has 0 radical (unpaired) electrons. The molecule has 1 aromatic heterocycles. The molecule has 2 aromatic rings. The molecule has 19 heavy (non-hydrogen) atoms. The zero-order chi connectivity index (χ0) is 13.4. The van der Waals surface area contributed by atoms with E-state index >= 15 is 0 Å². The van der Waals surface area contributed by atoms with Crippen LogP contribution in [0.3, 0.4) is 0 Å². The Kier molecular flexibility index (Phi) is 3.71. The molecule has 0 saturated heterocycles. The first kappa shape index (κ1) is 13.2. The monoisotopic (exact) mass is 315 g/mol. The molecular weight excluding hydrogens is 305 g/mol. The second-order valence-corrected chi connectivity index (χ2v) is 6.14. The van der Waals surface area contributed by atoms with E-state index in [-0.39, 0.29) is 6.10 Å². The second kappa shape index (κ2) is 5.32. The summed E-state index contributed by atoms with van der Waals surface area (Å²) in [5.41, 5.74) is 0.833. The number of fused-ring (bicyclic) bond motifs is 1. The van der Waals surface area contributed by atoms with Gasteiger partial charge in [-0.25, -0.2) is 9.67 Å². The lowest BCUT2D eigenvalue weighted by molar-refractivity contribution is 0.164. The summed E-state index contributed by atoms with van der Waals surface area (Å²) in [5, 5.41) is 16.1. The van der Waals surface area contributed by atoms with Crippen molar-refractivity contribution < 1.29 is 5.11 Å². The van der Waals surface area contributed by atoms with E-state index in [0.29, 0.717) is 34.6 Å². The second-order valence-electron chi connectivity index (χ2n) is 4.33. The maximum atomic E-state index is 9.59. The maximum Gasteiger partial charge on any atom is 0.186 e. The van der Waals surface area contributed by atoms with Crippen LogP contribution in [0, 0.1) is 0 Å². The van der Waals surface area contributed by atoms with E-state index in [4.69, 9.17) is 23.2 Å². The predicted octanol–water partition coefficient (Wildman–Crippen LogP) is 2.64. The fourth-order valence-electron chi connectivity index (χ4n) is 1.96. The first-order valence-electron chi connectivity index (χ1n) is 5.81. The van der Waals surface area contributed by atoms with Crippen LogP contribution in [0.2, 0.25) is 10.0 Å². The number of hydrogen-bond acceptors (Lipinski definition) is 4. The van der Waals surface area contributed by atoms with Crippen molar-refractivity contribution in [2.75, 3.05) is 5.75 Å².